The molecule has 0 fully saturated rings. The van der Waals surface area contributed by atoms with Crippen LogP contribution in [0.3, 0.4) is 0 Å². The molecular formula is C16H12N2O2. The molecule has 0 spiro atoms. The lowest BCUT2D eigenvalue weighted by molar-refractivity contribution is -0.263. The van der Waals surface area contributed by atoms with Crippen LogP contribution < -0.4 is 9.84 Å². The van der Waals surface area contributed by atoms with E-state index in [1.807, 2.05) is 13.0 Å². The molecule has 3 aromatic rings. The summed E-state index contributed by atoms with van der Waals surface area (Å²) in [6.07, 6.45) is 0. The van der Waals surface area contributed by atoms with Crippen LogP contribution in [0, 0.1) is 5.39 Å². The largest absolute Gasteiger partial charge is 0.872 e. The van der Waals surface area contributed by atoms with E-state index < -0.39 is 0 Å². The lowest BCUT2D eigenvalue weighted by Crippen LogP contribution is -1.97. The summed E-state index contributed by atoms with van der Waals surface area (Å²) in [7, 11) is 0. The van der Waals surface area contributed by atoms with Gasteiger partial charge in [0.2, 0.25) is 5.39 Å². The van der Waals surface area contributed by atoms with E-state index in [0.29, 0.717) is 39.6 Å². The van der Waals surface area contributed by atoms with Gasteiger partial charge in [-0.2, -0.15) is 0 Å². The molecule has 3 rings (SSSR count). The van der Waals surface area contributed by atoms with Crippen LogP contribution >= 0.6 is 0 Å². The Bertz CT molecular complexity index is 850. The normalized spacial score (nSPS) is 10.6. The Morgan fingerprint density at radius 2 is 1.75 bits per heavy atom. The number of diazo groups is 1. The maximum absolute atomic E-state index is 12.5. The first-order chi connectivity index (χ1) is 9.77. The van der Waals surface area contributed by atoms with Crippen molar-refractivity contribution in [3.8, 4) is 11.5 Å². The Balaban J connectivity index is 2.58. The Labute approximate surface area is 115 Å². The third kappa shape index (κ3) is 1.64. The summed E-state index contributed by atoms with van der Waals surface area (Å²) in [5.74, 6) is 0.477. The summed E-state index contributed by atoms with van der Waals surface area (Å²) in [4.78, 5) is 3.39. The predicted molar refractivity (Wildman–Crippen MR) is 76.8 cm³/mol. The first-order valence-corrected chi connectivity index (χ1v) is 6.40. The highest BCUT2D eigenvalue weighted by atomic mass is 16.5. The Morgan fingerprint density at radius 3 is 2.45 bits per heavy atom. The highest BCUT2D eigenvalue weighted by Gasteiger charge is 2.22. The molecule has 20 heavy (non-hydrogen) atoms. The molecule has 0 saturated heterocycles. The summed E-state index contributed by atoms with van der Waals surface area (Å²) in [6, 6.07) is 12.4. The fourth-order valence-electron chi connectivity index (χ4n) is 2.51. The zero-order valence-electron chi connectivity index (χ0n) is 11.0. The van der Waals surface area contributed by atoms with Crippen LogP contribution in [0.2, 0.25) is 0 Å². The molecule has 0 aliphatic rings. The van der Waals surface area contributed by atoms with Crippen LogP contribution in [0.25, 0.3) is 26.5 Å². The lowest BCUT2D eigenvalue weighted by Gasteiger charge is -2.15. The maximum Gasteiger partial charge on any atom is 0.404 e. The molecule has 0 saturated carbocycles. The number of benzene rings is 3. The zero-order valence-corrected chi connectivity index (χ0v) is 11.0. The molecule has 0 amide bonds. The SMILES string of the molecule is CCOc1cccc2c([O-])c3ccccc3c([N+]#N)c12. The van der Waals surface area contributed by atoms with Gasteiger partial charge in [0.1, 0.15) is 11.1 Å². The highest BCUT2D eigenvalue weighted by Crippen LogP contribution is 2.44. The molecule has 0 unspecified atom stereocenters. The molecule has 0 aromatic heterocycles. The molecule has 0 aliphatic heterocycles. The molecule has 0 atom stereocenters. The van der Waals surface area contributed by atoms with Crippen molar-refractivity contribution in [1.82, 2.24) is 0 Å². The predicted octanol–water partition coefficient (Wildman–Crippen LogP) is 3.95. The quantitative estimate of drug-likeness (QED) is 0.520. The summed E-state index contributed by atoms with van der Waals surface area (Å²) < 4.78 is 5.56. The van der Waals surface area contributed by atoms with E-state index in [-0.39, 0.29) is 5.75 Å². The average molecular weight is 264 g/mol. The van der Waals surface area contributed by atoms with Gasteiger partial charge < -0.3 is 9.84 Å². The molecule has 0 aliphatic carbocycles. The number of ether oxygens (including phenoxy) is 1. The van der Waals surface area contributed by atoms with E-state index in [2.05, 4.69) is 4.98 Å². The highest BCUT2D eigenvalue weighted by molar-refractivity contribution is 6.17. The van der Waals surface area contributed by atoms with E-state index in [9.17, 15) is 10.5 Å². The summed E-state index contributed by atoms with van der Waals surface area (Å²) in [5.41, 5.74) is 0.374. The van der Waals surface area contributed by atoms with Gasteiger partial charge in [0, 0.05) is 0 Å². The van der Waals surface area contributed by atoms with Crippen molar-refractivity contribution in [2.75, 3.05) is 6.61 Å². The van der Waals surface area contributed by atoms with Crippen molar-refractivity contribution in [2.24, 2.45) is 0 Å². The van der Waals surface area contributed by atoms with Crippen molar-refractivity contribution in [1.29, 1.82) is 5.39 Å². The van der Waals surface area contributed by atoms with Crippen LogP contribution in [0.4, 0.5) is 5.69 Å². The minimum atomic E-state index is -0.0791. The van der Waals surface area contributed by atoms with Gasteiger partial charge in [-0.3, -0.25) is 0 Å². The summed E-state index contributed by atoms with van der Waals surface area (Å²) in [6.45, 7) is 2.35. The first kappa shape index (κ1) is 12.2. The van der Waals surface area contributed by atoms with Gasteiger partial charge in [0.05, 0.1) is 12.0 Å². The van der Waals surface area contributed by atoms with Crippen molar-refractivity contribution in [3.63, 3.8) is 0 Å². The fraction of sp³-hybridized carbons (Fsp3) is 0.125. The van der Waals surface area contributed by atoms with E-state index in [0.717, 1.165) is 0 Å². The van der Waals surface area contributed by atoms with Crippen LogP contribution in [0.5, 0.6) is 11.5 Å². The van der Waals surface area contributed by atoms with Crippen LogP contribution in [0.1, 0.15) is 6.92 Å². The van der Waals surface area contributed by atoms with Gasteiger partial charge in [-0.25, -0.2) is 0 Å². The number of hydrogen-bond acceptors (Lipinski definition) is 3. The lowest BCUT2D eigenvalue weighted by atomic mass is 9.99. The first-order valence-electron chi connectivity index (χ1n) is 6.40. The molecule has 0 bridgehead atoms. The Morgan fingerprint density at radius 1 is 1.05 bits per heavy atom. The molecule has 4 heteroatoms. The molecular weight excluding hydrogens is 252 g/mol. The van der Waals surface area contributed by atoms with Gasteiger partial charge >= 0.3 is 5.69 Å². The second kappa shape index (κ2) is 4.71. The van der Waals surface area contributed by atoms with Crippen LogP contribution in [0.15, 0.2) is 42.5 Å². The van der Waals surface area contributed by atoms with Gasteiger partial charge in [0.25, 0.3) is 0 Å². The number of fused-ring (bicyclic) bond motifs is 2. The van der Waals surface area contributed by atoms with E-state index in [4.69, 9.17) is 4.74 Å². The zero-order chi connectivity index (χ0) is 14.1. The van der Waals surface area contributed by atoms with Crippen LogP contribution in [-0.4, -0.2) is 6.61 Å². The summed E-state index contributed by atoms with van der Waals surface area (Å²) >= 11 is 0. The standard InChI is InChI=1S/C16H12N2O2/c1-2-20-13-9-5-8-12-14(13)15(18-17)10-6-3-4-7-11(10)16(12)19/h3-9H,2H2,1H3. The topological polar surface area (TPSA) is 60.4 Å². The third-order valence-electron chi connectivity index (χ3n) is 3.33. The molecule has 98 valence electrons. The Kier molecular flexibility index (Phi) is 2.88. The third-order valence-corrected chi connectivity index (χ3v) is 3.33. The van der Waals surface area contributed by atoms with Crippen molar-refractivity contribution in [2.45, 2.75) is 6.92 Å². The van der Waals surface area contributed by atoms with E-state index >= 15 is 0 Å². The monoisotopic (exact) mass is 264 g/mol. The maximum atomic E-state index is 12.5. The minimum Gasteiger partial charge on any atom is -0.872 e. The van der Waals surface area contributed by atoms with E-state index in [1.165, 1.54) is 0 Å². The van der Waals surface area contributed by atoms with Crippen molar-refractivity contribution in [3.05, 3.63) is 47.4 Å². The summed E-state index contributed by atoms with van der Waals surface area (Å²) in [5, 5.41) is 24.1. The molecule has 3 aromatic carbocycles. The molecule has 4 nitrogen and oxygen atoms in total. The van der Waals surface area contributed by atoms with Crippen molar-refractivity contribution >= 4 is 27.2 Å². The van der Waals surface area contributed by atoms with Crippen molar-refractivity contribution < 1.29 is 9.84 Å². The molecule has 0 radical (unpaired) electrons. The minimum absolute atomic E-state index is 0.0791. The van der Waals surface area contributed by atoms with Gasteiger partial charge in [-0.1, -0.05) is 36.1 Å². The average Bonchev–Trinajstić information content (AvgIpc) is 2.49. The number of rotatable bonds is 2. The number of nitrogens with zero attached hydrogens (tertiary/aromatic N) is 2. The fourth-order valence-corrected chi connectivity index (χ4v) is 2.51. The smallest absolute Gasteiger partial charge is 0.404 e. The van der Waals surface area contributed by atoms with Crippen LogP contribution in [-0.2, 0) is 0 Å². The second-order valence-electron chi connectivity index (χ2n) is 4.44. The Hall–Kier alpha value is -2.80. The van der Waals surface area contributed by atoms with Gasteiger partial charge in [-0.05, 0) is 29.8 Å². The van der Waals surface area contributed by atoms with Gasteiger partial charge in [-0.15, -0.1) is 0 Å². The second-order valence-corrected chi connectivity index (χ2v) is 4.44. The molecule has 0 heterocycles. The molecule has 0 N–H and O–H groups in total. The van der Waals surface area contributed by atoms with E-state index in [1.54, 1.807) is 36.4 Å². The van der Waals surface area contributed by atoms with Gasteiger partial charge in [0.15, 0.2) is 4.98 Å². The number of hydrogen-bond donors (Lipinski definition) is 0.